The Hall–Kier alpha value is -0.910. The molecule has 3 heteroatoms. The van der Waals surface area contributed by atoms with Gasteiger partial charge in [0.15, 0.2) is 0 Å². The van der Waals surface area contributed by atoms with Crippen LogP contribution in [0, 0.1) is 16.9 Å². The van der Waals surface area contributed by atoms with Crippen LogP contribution in [0.3, 0.4) is 0 Å². The SMILES string of the molecule is CC(CC#N)N=N. The monoisotopic (exact) mass is 97.1 g/mol. The van der Waals surface area contributed by atoms with Gasteiger partial charge in [-0.05, 0) is 6.92 Å². The third kappa shape index (κ3) is 2.91. The van der Waals surface area contributed by atoms with Crippen molar-refractivity contribution in [2.24, 2.45) is 5.11 Å². The molecule has 0 radical (unpaired) electrons. The van der Waals surface area contributed by atoms with Gasteiger partial charge in [-0.2, -0.15) is 10.4 Å². The Morgan fingerprint density at radius 3 is 2.71 bits per heavy atom. The molecule has 0 heterocycles. The number of hydrogen-bond acceptors (Lipinski definition) is 3. The second-order valence-electron chi connectivity index (χ2n) is 1.34. The molecule has 0 rings (SSSR count). The molecule has 0 aromatic carbocycles. The topological polar surface area (TPSA) is 60.0 Å². The lowest BCUT2D eigenvalue weighted by molar-refractivity contribution is 0.698. The first kappa shape index (κ1) is 6.09. The van der Waals surface area contributed by atoms with E-state index in [0.29, 0.717) is 6.42 Å². The van der Waals surface area contributed by atoms with Gasteiger partial charge in [0.05, 0.1) is 18.5 Å². The van der Waals surface area contributed by atoms with E-state index >= 15 is 0 Å². The third-order valence-electron chi connectivity index (χ3n) is 0.607. The summed E-state index contributed by atoms with van der Waals surface area (Å²) in [4.78, 5) is 0. The van der Waals surface area contributed by atoms with Crippen LogP contribution in [0.2, 0.25) is 0 Å². The Morgan fingerprint density at radius 1 is 2.00 bits per heavy atom. The summed E-state index contributed by atoms with van der Waals surface area (Å²) in [5.41, 5.74) is 6.39. The van der Waals surface area contributed by atoms with Gasteiger partial charge >= 0.3 is 0 Å². The van der Waals surface area contributed by atoms with Crippen LogP contribution < -0.4 is 0 Å². The molecule has 0 spiro atoms. The van der Waals surface area contributed by atoms with E-state index in [-0.39, 0.29) is 6.04 Å². The quantitative estimate of drug-likeness (QED) is 0.519. The number of nitrogens with one attached hydrogen (secondary N) is 1. The van der Waals surface area contributed by atoms with Crippen molar-refractivity contribution in [2.45, 2.75) is 19.4 Å². The lowest BCUT2D eigenvalue weighted by atomic mass is 10.3. The Balaban J connectivity index is 3.21. The average Bonchev–Trinajstić information content (AvgIpc) is 1.68. The smallest absolute Gasteiger partial charge is 0.0807 e. The predicted octanol–water partition coefficient (Wildman–Crippen LogP) is 1.32. The molecule has 0 saturated heterocycles. The Kier molecular flexibility index (Phi) is 2.86. The largest absolute Gasteiger partial charge is 0.210 e. The van der Waals surface area contributed by atoms with Crippen molar-refractivity contribution in [3.63, 3.8) is 0 Å². The summed E-state index contributed by atoms with van der Waals surface area (Å²) in [5, 5.41) is 11.1. The molecule has 1 N–H and O–H groups in total. The van der Waals surface area contributed by atoms with E-state index in [9.17, 15) is 0 Å². The van der Waals surface area contributed by atoms with Gasteiger partial charge in [0.1, 0.15) is 0 Å². The van der Waals surface area contributed by atoms with Gasteiger partial charge in [-0.25, -0.2) is 5.53 Å². The maximum absolute atomic E-state index is 7.97. The lowest BCUT2D eigenvalue weighted by Gasteiger charge is -1.89. The third-order valence-corrected chi connectivity index (χ3v) is 0.607. The van der Waals surface area contributed by atoms with Crippen molar-refractivity contribution in [2.75, 3.05) is 0 Å². The van der Waals surface area contributed by atoms with Gasteiger partial charge < -0.3 is 0 Å². The van der Waals surface area contributed by atoms with Gasteiger partial charge in [0.2, 0.25) is 0 Å². The van der Waals surface area contributed by atoms with Crippen LogP contribution in [-0.2, 0) is 0 Å². The summed E-state index contributed by atoms with van der Waals surface area (Å²) in [6, 6.07) is 1.78. The number of nitrogens with zero attached hydrogens (tertiary/aromatic N) is 2. The molecular weight excluding hydrogens is 90.1 g/mol. The zero-order chi connectivity index (χ0) is 5.70. The van der Waals surface area contributed by atoms with Crippen LogP contribution in [0.15, 0.2) is 5.11 Å². The molecule has 0 bridgehead atoms. The highest BCUT2D eigenvalue weighted by molar-refractivity contribution is 4.75. The summed E-state index contributed by atoms with van der Waals surface area (Å²) in [7, 11) is 0. The zero-order valence-electron chi connectivity index (χ0n) is 4.18. The van der Waals surface area contributed by atoms with E-state index in [0.717, 1.165) is 0 Å². The van der Waals surface area contributed by atoms with Crippen molar-refractivity contribution in [3.8, 4) is 6.07 Å². The first-order valence-electron chi connectivity index (χ1n) is 2.04. The summed E-state index contributed by atoms with van der Waals surface area (Å²) in [6.45, 7) is 1.73. The highest BCUT2D eigenvalue weighted by Crippen LogP contribution is 1.91. The van der Waals surface area contributed by atoms with Crippen LogP contribution in [-0.4, -0.2) is 6.04 Å². The van der Waals surface area contributed by atoms with E-state index in [2.05, 4.69) is 5.11 Å². The number of hydrogen-bond donors (Lipinski definition) is 1. The maximum Gasteiger partial charge on any atom is 0.0807 e. The second-order valence-corrected chi connectivity index (χ2v) is 1.34. The van der Waals surface area contributed by atoms with E-state index in [1.165, 1.54) is 0 Å². The minimum absolute atomic E-state index is 0.120. The zero-order valence-corrected chi connectivity index (χ0v) is 4.18. The predicted molar refractivity (Wildman–Crippen MR) is 24.8 cm³/mol. The summed E-state index contributed by atoms with van der Waals surface area (Å²) in [6.07, 6.45) is 0.351. The normalized spacial score (nSPS) is 12.0. The molecular formula is C4H7N3. The molecule has 0 fully saturated rings. The number of nitriles is 1. The van der Waals surface area contributed by atoms with E-state index < -0.39 is 0 Å². The van der Waals surface area contributed by atoms with E-state index in [1.807, 2.05) is 6.07 Å². The maximum atomic E-state index is 7.97. The second kappa shape index (κ2) is 3.29. The fourth-order valence-corrected chi connectivity index (χ4v) is 0.178. The fraction of sp³-hybridized carbons (Fsp3) is 0.750. The van der Waals surface area contributed by atoms with Crippen LogP contribution in [0.25, 0.3) is 0 Å². The fourth-order valence-electron chi connectivity index (χ4n) is 0.178. The molecule has 0 aliphatic rings. The van der Waals surface area contributed by atoms with E-state index in [1.54, 1.807) is 6.92 Å². The van der Waals surface area contributed by atoms with Crippen molar-refractivity contribution in [1.82, 2.24) is 0 Å². The summed E-state index contributed by atoms with van der Waals surface area (Å²) < 4.78 is 0. The minimum atomic E-state index is -0.120. The highest BCUT2D eigenvalue weighted by Gasteiger charge is 1.92. The molecule has 0 aliphatic carbocycles. The van der Waals surface area contributed by atoms with Crippen LogP contribution in [0.4, 0.5) is 0 Å². The van der Waals surface area contributed by atoms with Crippen molar-refractivity contribution < 1.29 is 0 Å². The Bertz CT molecular complexity index is 91.6. The minimum Gasteiger partial charge on any atom is -0.210 e. The molecule has 0 aromatic heterocycles. The molecule has 3 nitrogen and oxygen atoms in total. The Labute approximate surface area is 42.5 Å². The van der Waals surface area contributed by atoms with Gasteiger partial charge in [-0.1, -0.05) is 0 Å². The van der Waals surface area contributed by atoms with Gasteiger partial charge in [0.25, 0.3) is 0 Å². The molecule has 38 valence electrons. The molecule has 0 aromatic rings. The van der Waals surface area contributed by atoms with Crippen LogP contribution in [0.5, 0.6) is 0 Å². The molecule has 0 amide bonds. The van der Waals surface area contributed by atoms with Crippen molar-refractivity contribution >= 4 is 0 Å². The van der Waals surface area contributed by atoms with Gasteiger partial charge in [-0.3, -0.25) is 0 Å². The van der Waals surface area contributed by atoms with Gasteiger partial charge in [-0.15, -0.1) is 0 Å². The standard InChI is InChI=1S/C4H7N3/c1-4(7-6)2-3-5/h4,6H,2H2,1H3. The molecule has 7 heavy (non-hydrogen) atoms. The first-order valence-corrected chi connectivity index (χ1v) is 2.04. The summed E-state index contributed by atoms with van der Waals surface area (Å²) in [5.74, 6) is 0. The highest BCUT2D eigenvalue weighted by atomic mass is 15.0. The van der Waals surface area contributed by atoms with Crippen LogP contribution in [0.1, 0.15) is 13.3 Å². The van der Waals surface area contributed by atoms with Crippen molar-refractivity contribution in [1.29, 1.82) is 10.8 Å². The number of rotatable bonds is 2. The summed E-state index contributed by atoms with van der Waals surface area (Å²) >= 11 is 0. The average molecular weight is 97.1 g/mol. The molecule has 0 aliphatic heterocycles. The Morgan fingerprint density at radius 2 is 2.57 bits per heavy atom. The molecule has 1 atom stereocenters. The van der Waals surface area contributed by atoms with Crippen molar-refractivity contribution in [3.05, 3.63) is 0 Å². The molecule has 1 unspecified atom stereocenters. The molecule has 0 saturated carbocycles. The van der Waals surface area contributed by atoms with Crippen LogP contribution >= 0.6 is 0 Å². The van der Waals surface area contributed by atoms with E-state index in [4.69, 9.17) is 10.8 Å². The lowest BCUT2D eigenvalue weighted by Crippen LogP contribution is -1.91. The first-order chi connectivity index (χ1) is 3.31. The van der Waals surface area contributed by atoms with Gasteiger partial charge in [0, 0.05) is 0 Å².